The van der Waals surface area contributed by atoms with Crippen LogP contribution in [0.15, 0.2) is 48.7 Å². The van der Waals surface area contributed by atoms with E-state index in [1.54, 1.807) is 11.1 Å². The largest absolute Gasteiger partial charge is 0.444 e. The van der Waals surface area contributed by atoms with E-state index in [0.717, 1.165) is 37.2 Å². The minimum atomic E-state index is -0.551. The molecule has 7 heteroatoms. The first-order valence-electron chi connectivity index (χ1n) is 12.6. The predicted molar refractivity (Wildman–Crippen MR) is 137 cm³/mol. The molecule has 1 heterocycles. The van der Waals surface area contributed by atoms with Gasteiger partial charge in [-0.2, -0.15) is 5.26 Å². The molecule has 0 spiro atoms. The standard InChI is InChI=1S/C28H39N5O2/c1-28(2,3)35-27(34)33(22-25-19-24(13-15-31-25)20-30-16-14-29)18-8-7-17-32(26-11-12-26)21-23-9-5-4-6-10-23/h4-6,9-10,13,15,19,26,30H,7-8,11-12,16-18,20-22H2,1-3H3. The third kappa shape index (κ3) is 10.1. The minimum Gasteiger partial charge on any atom is -0.444 e. The molecule has 35 heavy (non-hydrogen) atoms. The number of nitrogens with one attached hydrogen (secondary N) is 1. The fourth-order valence-corrected chi connectivity index (χ4v) is 4.01. The van der Waals surface area contributed by atoms with Crippen molar-refractivity contribution in [3.8, 4) is 6.07 Å². The summed E-state index contributed by atoms with van der Waals surface area (Å²) in [5.74, 6) is 0. The molecule has 0 radical (unpaired) electrons. The smallest absolute Gasteiger partial charge is 0.410 e. The maximum absolute atomic E-state index is 13.0. The van der Waals surface area contributed by atoms with E-state index in [1.165, 1.54) is 18.4 Å². The molecule has 1 aromatic carbocycles. The molecule has 7 nitrogen and oxygen atoms in total. The van der Waals surface area contributed by atoms with Crippen molar-refractivity contribution in [2.45, 2.75) is 77.7 Å². The van der Waals surface area contributed by atoms with Gasteiger partial charge in [-0.05, 0) is 76.3 Å². The van der Waals surface area contributed by atoms with Crippen LogP contribution in [0.4, 0.5) is 4.79 Å². The van der Waals surface area contributed by atoms with Crippen LogP contribution in [0.3, 0.4) is 0 Å². The number of carbonyl (C=O) groups excluding carboxylic acids is 1. The molecule has 0 saturated heterocycles. The van der Waals surface area contributed by atoms with Crippen LogP contribution >= 0.6 is 0 Å². The molecule has 1 fully saturated rings. The molecule has 1 N–H and O–H groups in total. The number of carbonyl (C=O) groups is 1. The predicted octanol–water partition coefficient (Wildman–Crippen LogP) is 4.88. The highest BCUT2D eigenvalue weighted by molar-refractivity contribution is 5.68. The molecule has 1 saturated carbocycles. The summed E-state index contributed by atoms with van der Waals surface area (Å²) in [6.45, 7) is 9.59. The molecule has 1 aliphatic carbocycles. The molecule has 0 bridgehead atoms. The molecule has 0 atom stereocenters. The van der Waals surface area contributed by atoms with Crippen molar-refractivity contribution in [2.24, 2.45) is 0 Å². The summed E-state index contributed by atoms with van der Waals surface area (Å²) < 4.78 is 5.69. The van der Waals surface area contributed by atoms with Crippen molar-refractivity contribution < 1.29 is 9.53 Å². The summed E-state index contributed by atoms with van der Waals surface area (Å²) in [6.07, 6.45) is 5.93. The number of unbranched alkanes of at least 4 members (excludes halogenated alkanes) is 1. The lowest BCUT2D eigenvalue weighted by molar-refractivity contribution is 0.0226. The van der Waals surface area contributed by atoms with E-state index >= 15 is 0 Å². The monoisotopic (exact) mass is 477 g/mol. The van der Waals surface area contributed by atoms with Crippen LogP contribution in [-0.2, 0) is 24.4 Å². The first-order chi connectivity index (χ1) is 16.8. The Hall–Kier alpha value is -2.95. The maximum atomic E-state index is 13.0. The number of nitriles is 1. The highest BCUT2D eigenvalue weighted by Crippen LogP contribution is 2.28. The number of rotatable bonds is 13. The van der Waals surface area contributed by atoms with Crippen molar-refractivity contribution in [2.75, 3.05) is 19.6 Å². The third-order valence-corrected chi connectivity index (χ3v) is 5.83. The Bertz CT molecular complexity index is 963. The zero-order valence-corrected chi connectivity index (χ0v) is 21.4. The number of hydrogen-bond donors (Lipinski definition) is 1. The van der Waals surface area contributed by atoms with Crippen molar-refractivity contribution in [1.29, 1.82) is 5.26 Å². The second kappa shape index (κ2) is 13.2. The van der Waals surface area contributed by atoms with E-state index < -0.39 is 5.60 Å². The normalized spacial score (nSPS) is 13.5. The van der Waals surface area contributed by atoms with Crippen LogP contribution in [0.2, 0.25) is 0 Å². The highest BCUT2D eigenvalue weighted by atomic mass is 16.6. The molecule has 1 amide bonds. The number of benzene rings is 1. The minimum absolute atomic E-state index is 0.295. The van der Waals surface area contributed by atoms with Gasteiger partial charge in [-0.3, -0.25) is 9.88 Å². The van der Waals surface area contributed by atoms with Crippen LogP contribution < -0.4 is 5.32 Å². The number of ether oxygens (including phenoxy) is 1. The summed E-state index contributed by atoms with van der Waals surface area (Å²) in [7, 11) is 0. The number of pyridine rings is 1. The number of nitrogens with zero attached hydrogens (tertiary/aromatic N) is 4. The van der Waals surface area contributed by atoms with E-state index in [0.29, 0.717) is 32.2 Å². The van der Waals surface area contributed by atoms with Crippen LogP contribution in [0.5, 0.6) is 0 Å². The van der Waals surface area contributed by atoms with Crippen molar-refractivity contribution in [1.82, 2.24) is 20.1 Å². The summed E-state index contributed by atoms with van der Waals surface area (Å²) >= 11 is 0. The number of amides is 1. The van der Waals surface area contributed by atoms with Crippen LogP contribution in [-0.4, -0.2) is 52.2 Å². The van der Waals surface area contributed by atoms with Gasteiger partial charge in [0.25, 0.3) is 0 Å². The molecule has 2 aromatic rings. The van der Waals surface area contributed by atoms with Crippen LogP contribution in [0, 0.1) is 11.3 Å². The van der Waals surface area contributed by atoms with Gasteiger partial charge >= 0.3 is 6.09 Å². The maximum Gasteiger partial charge on any atom is 0.410 e. The lowest BCUT2D eigenvalue weighted by atomic mass is 10.2. The Morgan fingerprint density at radius 2 is 1.86 bits per heavy atom. The summed E-state index contributed by atoms with van der Waals surface area (Å²) in [6, 6.07) is 17.3. The Morgan fingerprint density at radius 3 is 2.54 bits per heavy atom. The molecule has 1 aliphatic rings. The second-order valence-electron chi connectivity index (χ2n) is 10.2. The first kappa shape index (κ1) is 26.7. The molecular weight excluding hydrogens is 438 g/mol. The van der Waals surface area contributed by atoms with Crippen LogP contribution in [0.25, 0.3) is 0 Å². The number of aromatic nitrogens is 1. The van der Waals surface area contributed by atoms with Gasteiger partial charge in [0.1, 0.15) is 5.60 Å². The number of hydrogen-bond acceptors (Lipinski definition) is 6. The zero-order valence-electron chi connectivity index (χ0n) is 21.4. The molecule has 1 aromatic heterocycles. The van der Waals surface area contributed by atoms with Crippen molar-refractivity contribution in [3.63, 3.8) is 0 Å². The van der Waals surface area contributed by atoms with Gasteiger partial charge in [-0.15, -0.1) is 0 Å². The van der Waals surface area contributed by atoms with Gasteiger partial charge in [0.2, 0.25) is 0 Å². The van der Waals surface area contributed by atoms with Crippen molar-refractivity contribution >= 4 is 6.09 Å². The summed E-state index contributed by atoms with van der Waals surface area (Å²) in [4.78, 5) is 21.8. The van der Waals surface area contributed by atoms with Gasteiger partial charge in [0, 0.05) is 31.9 Å². The van der Waals surface area contributed by atoms with Gasteiger partial charge in [0.05, 0.1) is 24.9 Å². The van der Waals surface area contributed by atoms with E-state index in [4.69, 9.17) is 10.00 Å². The van der Waals surface area contributed by atoms with E-state index in [2.05, 4.69) is 51.6 Å². The van der Waals surface area contributed by atoms with Crippen LogP contribution in [0.1, 0.15) is 63.3 Å². The average molecular weight is 478 g/mol. The second-order valence-corrected chi connectivity index (χ2v) is 10.2. The van der Waals surface area contributed by atoms with E-state index in [9.17, 15) is 4.79 Å². The fraction of sp³-hybridized carbons (Fsp3) is 0.536. The SMILES string of the molecule is CC(C)(C)OC(=O)N(CCCCN(Cc1ccccc1)C1CC1)Cc1cc(CNCC#N)ccn1. The summed E-state index contributed by atoms with van der Waals surface area (Å²) in [5, 5.41) is 11.8. The van der Waals surface area contributed by atoms with Gasteiger partial charge in [-0.25, -0.2) is 4.79 Å². The van der Waals surface area contributed by atoms with Gasteiger partial charge < -0.3 is 15.0 Å². The summed E-state index contributed by atoms with van der Waals surface area (Å²) in [5.41, 5.74) is 2.65. The lowest BCUT2D eigenvalue weighted by Gasteiger charge is -2.28. The third-order valence-electron chi connectivity index (χ3n) is 5.83. The Balaban J connectivity index is 1.56. The lowest BCUT2D eigenvalue weighted by Crippen LogP contribution is -2.37. The Morgan fingerprint density at radius 1 is 1.11 bits per heavy atom. The van der Waals surface area contributed by atoms with E-state index in [1.807, 2.05) is 32.9 Å². The van der Waals surface area contributed by atoms with Crippen molar-refractivity contribution in [3.05, 3.63) is 65.5 Å². The Kier molecular flexibility index (Phi) is 10.1. The molecule has 0 aliphatic heterocycles. The molecule has 3 rings (SSSR count). The topological polar surface area (TPSA) is 81.5 Å². The van der Waals surface area contributed by atoms with E-state index in [-0.39, 0.29) is 6.09 Å². The zero-order chi connectivity index (χ0) is 25.1. The molecule has 0 unspecified atom stereocenters. The first-order valence-corrected chi connectivity index (χ1v) is 12.6. The van der Waals surface area contributed by atoms with Gasteiger partial charge in [-0.1, -0.05) is 30.3 Å². The molecular formula is C28H39N5O2. The fourth-order valence-electron chi connectivity index (χ4n) is 4.01. The Labute approximate surface area is 210 Å². The average Bonchev–Trinajstić information content (AvgIpc) is 3.66. The quantitative estimate of drug-likeness (QED) is 0.327. The molecule has 188 valence electrons. The highest BCUT2D eigenvalue weighted by Gasteiger charge is 2.28. The van der Waals surface area contributed by atoms with Gasteiger partial charge in [0.15, 0.2) is 0 Å².